The molecule has 0 aliphatic rings. The fourth-order valence-corrected chi connectivity index (χ4v) is 0.614. The lowest BCUT2D eigenvalue weighted by Crippen LogP contribution is -2.00. The summed E-state index contributed by atoms with van der Waals surface area (Å²) >= 11 is 0. The Kier molecular flexibility index (Phi) is 2.94. The second kappa shape index (κ2) is 4.29. The minimum Gasteiger partial charge on any atom is -0.358 e. The normalized spacial score (nSPS) is 8.09. The number of rotatable bonds is 2. The predicted molar refractivity (Wildman–Crippen MR) is 44.0 cm³/mol. The van der Waals surface area contributed by atoms with Gasteiger partial charge in [0.2, 0.25) is 0 Å². The summed E-state index contributed by atoms with van der Waals surface area (Å²) in [6.07, 6.45) is 4.94. The zero-order valence-corrected chi connectivity index (χ0v) is 6.33. The van der Waals surface area contributed by atoms with Gasteiger partial charge in [0.05, 0.1) is 12.7 Å². The Morgan fingerprint density at radius 3 is 3.09 bits per heavy atom. The highest BCUT2D eigenvalue weighted by molar-refractivity contribution is 5.31. The van der Waals surface area contributed by atoms with Crippen molar-refractivity contribution in [3.05, 3.63) is 18.6 Å². The van der Waals surface area contributed by atoms with Gasteiger partial charge in [-0.05, 0) is 6.92 Å². The largest absolute Gasteiger partial charge is 0.358 e. The molecule has 1 aromatic heterocycles. The molecule has 3 nitrogen and oxygen atoms in total. The van der Waals surface area contributed by atoms with Crippen LogP contribution in [0.4, 0.5) is 5.82 Å². The fraction of sp³-hybridized carbons (Fsp3) is 0.250. The maximum atomic E-state index is 4.01. The average Bonchev–Trinajstić information content (AvgIpc) is 2.07. The molecule has 0 bridgehead atoms. The minimum atomic E-state index is 0.620. The van der Waals surface area contributed by atoms with Gasteiger partial charge in [-0.1, -0.05) is 5.92 Å². The maximum Gasteiger partial charge on any atom is 0.145 e. The maximum absolute atomic E-state index is 4.01. The van der Waals surface area contributed by atoms with Crippen molar-refractivity contribution in [2.24, 2.45) is 0 Å². The first-order valence-corrected chi connectivity index (χ1v) is 3.33. The van der Waals surface area contributed by atoms with Crippen LogP contribution in [0.15, 0.2) is 18.6 Å². The van der Waals surface area contributed by atoms with E-state index in [0.29, 0.717) is 6.54 Å². The average molecular weight is 147 g/mol. The van der Waals surface area contributed by atoms with E-state index < -0.39 is 0 Å². The molecular weight excluding hydrogens is 138 g/mol. The molecule has 1 heterocycles. The molecule has 11 heavy (non-hydrogen) atoms. The summed E-state index contributed by atoms with van der Waals surface area (Å²) in [6.45, 7) is 2.42. The van der Waals surface area contributed by atoms with Crippen LogP contribution in [0, 0.1) is 11.8 Å². The minimum absolute atomic E-state index is 0.620. The van der Waals surface area contributed by atoms with Gasteiger partial charge in [-0.3, -0.25) is 4.98 Å². The summed E-state index contributed by atoms with van der Waals surface area (Å²) in [6, 6.07) is 0. The molecule has 0 amide bonds. The van der Waals surface area contributed by atoms with E-state index in [1.54, 1.807) is 25.5 Å². The van der Waals surface area contributed by atoms with Crippen molar-refractivity contribution in [2.75, 3.05) is 11.9 Å². The Bertz CT molecular complexity index is 258. The summed E-state index contributed by atoms with van der Waals surface area (Å²) in [7, 11) is 0. The molecule has 1 N–H and O–H groups in total. The molecule has 1 rings (SSSR count). The van der Waals surface area contributed by atoms with Crippen molar-refractivity contribution >= 4 is 5.82 Å². The molecule has 0 atom stereocenters. The molecule has 1 aromatic rings. The Morgan fingerprint density at radius 2 is 2.45 bits per heavy atom. The topological polar surface area (TPSA) is 37.8 Å². The van der Waals surface area contributed by atoms with Gasteiger partial charge in [-0.25, -0.2) is 4.98 Å². The summed E-state index contributed by atoms with van der Waals surface area (Å²) in [5.74, 6) is 6.40. The fourth-order valence-electron chi connectivity index (χ4n) is 0.614. The summed E-state index contributed by atoms with van der Waals surface area (Å²) in [4.78, 5) is 7.90. The predicted octanol–water partition coefficient (Wildman–Crippen LogP) is 0.912. The Morgan fingerprint density at radius 1 is 1.55 bits per heavy atom. The van der Waals surface area contributed by atoms with Crippen LogP contribution in [0.1, 0.15) is 6.92 Å². The van der Waals surface area contributed by atoms with Crippen molar-refractivity contribution < 1.29 is 0 Å². The summed E-state index contributed by atoms with van der Waals surface area (Å²) in [5.41, 5.74) is 0. The Balaban J connectivity index is 2.43. The van der Waals surface area contributed by atoms with Crippen molar-refractivity contribution in [1.29, 1.82) is 0 Å². The van der Waals surface area contributed by atoms with Gasteiger partial charge < -0.3 is 5.32 Å². The SMILES string of the molecule is CC#CCNc1cnccn1. The quantitative estimate of drug-likeness (QED) is 0.632. The van der Waals surface area contributed by atoms with E-state index in [4.69, 9.17) is 0 Å². The van der Waals surface area contributed by atoms with Crippen molar-refractivity contribution in [3.8, 4) is 11.8 Å². The van der Waals surface area contributed by atoms with Crippen LogP contribution < -0.4 is 5.32 Å². The van der Waals surface area contributed by atoms with Crippen molar-refractivity contribution in [2.45, 2.75) is 6.92 Å². The number of aromatic nitrogens is 2. The van der Waals surface area contributed by atoms with Crippen LogP contribution in [0.3, 0.4) is 0 Å². The second-order valence-corrected chi connectivity index (χ2v) is 1.87. The third-order valence-electron chi connectivity index (χ3n) is 1.10. The number of hydrogen-bond donors (Lipinski definition) is 1. The molecule has 0 saturated heterocycles. The Hall–Kier alpha value is -1.56. The number of anilines is 1. The first kappa shape index (κ1) is 7.55. The lowest BCUT2D eigenvalue weighted by Gasteiger charge is -1.97. The lowest BCUT2D eigenvalue weighted by molar-refractivity contribution is 1.17. The van der Waals surface area contributed by atoms with E-state index in [1.165, 1.54) is 0 Å². The third kappa shape index (κ3) is 2.67. The van der Waals surface area contributed by atoms with E-state index in [1.807, 2.05) is 0 Å². The molecule has 0 fully saturated rings. The third-order valence-corrected chi connectivity index (χ3v) is 1.10. The van der Waals surface area contributed by atoms with E-state index in [2.05, 4.69) is 27.1 Å². The van der Waals surface area contributed by atoms with Crippen LogP contribution >= 0.6 is 0 Å². The van der Waals surface area contributed by atoms with Gasteiger partial charge in [0, 0.05) is 12.4 Å². The highest BCUT2D eigenvalue weighted by atomic mass is 15.0. The molecule has 3 heteroatoms. The van der Waals surface area contributed by atoms with Crippen LogP contribution in [-0.4, -0.2) is 16.5 Å². The number of nitrogens with zero attached hydrogens (tertiary/aromatic N) is 2. The molecule has 0 radical (unpaired) electrons. The van der Waals surface area contributed by atoms with Gasteiger partial charge >= 0.3 is 0 Å². The van der Waals surface area contributed by atoms with Gasteiger partial charge in [-0.15, -0.1) is 5.92 Å². The molecule has 0 aliphatic heterocycles. The molecule has 0 saturated carbocycles. The van der Waals surface area contributed by atoms with Gasteiger partial charge in [0.15, 0.2) is 0 Å². The number of nitrogens with one attached hydrogen (secondary N) is 1. The standard InChI is InChI=1S/C8H9N3/c1-2-3-4-10-8-7-9-5-6-11-8/h5-7H,4H2,1H3,(H,10,11). The molecular formula is C8H9N3. The summed E-state index contributed by atoms with van der Waals surface area (Å²) < 4.78 is 0. The number of hydrogen-bond acceptors (Lipinski definition) is 3. The molecule has 0 aromatic carbocycles. The van der Waals surface area contributed by atoms with Crippen LogP contribution in [0.5, 0.6) is 0 Å². The smallest absolute Gasteiger partial charge is 0.145 e. The van der Waals surface area contributed by atoms with Gasteiger partial charge in [-0.2, -0.15) is 0 Å². The van der Waals surface area contributed by atoms with Gasteiger partial charge in [0.25, 0.3) is 0 Å². The van der Waals surface area contributed by atoms with Crippen LogP contribution in [0.25, 0.3) is 0 Å². The van der Waals surface area contributed by atoms with Crippen LogP contribution in [0.2, 0.25) is 0 Å². The molecule has 0 aliphatic carbocycles. The first-order chi connectivity index (χ1) is 5.43. The first-order valence-electron chi connectivity index (χ1n) is 3.33. The van der Waals surface area contributed by atoms with Crippen LogP contribution in [-0.2, 0) is 0 Å². The van der Waals surface area contributed by atoms with E-state index in [0.717, 1.165) is 5.82 Å². The van der Waals surface area contributed by atoms with E-state index in [-0.39, 0.29) is 0 Å². The molecule has 0 spiro atoms. The Labute approximate surface area is 65.9 Å². The monoisotopic (exact) mass is 147 g/mol. The lowest BCUT2D eigenvalue weighted by atomic mass is 10.5. The summed E-state index contributed by atoms with van der Waals surface area (Å²) in [5, 5.41) is 3.00. The molecule has 0 unspecified atom stereocenters. The molecule has 56 valence electrons. The highest BCUT2D eigenvalue weighted by Crippen LogP contribution is 1.94. The van der Waals surface area contributed by atoms with Gasteiger partial charge in [0.1, 0.15) is 5.82 Å². The van der Waals surface area contributed by atoms with Crippen molar-refractivity contribution in [1.82, 2.24) is 9.97 Å². The van der Waals surface area contributed by atoms with E-state index in [9.17, 15) is 0 Å². The zero-order chi connectivity index (χ0) is 7.94. The van der Waals surface area contributed by atoms with Crippen molar-refractivity contribution in [3.63, 3.8) is 0 Å². The highest BCUT2D eigenvalue weighted by Gasteiger charge is 1.86. The zero-order valence-electron chi connectivity index (χ0n) is 6.33. The van der Waals surface area contributed by atoms with E-state index >= 15 is 0 Å². The second-order valence-electron chi connectivity index (χ2n) is 1.87.